The fourth-order valence-electron chi connectivity index (χ4n) is 4.73. The standard InChI is InChI=1S/C19H44N2O2Si2/c1-8-22-24(7,23-9-2)18-19(6)17-20-13-15-21(16-14-20)25(10-3,11-4)12-5/h19H,8-18H2,1-7H3. The molecule has 1 saturated heterocycles. The summed E-state index contributed by atoms with van der Waals surface area (Å²) < 4.78 is 15.0. The van der Waals surface area contributed by atoms with E-state index in [0.717, 1.165) is 19.3 Å². The van der Waals surface area contributed by atoms with E-state index in [4.69, 9.17) is 8.85 Å². The Morgan fingerprint density at radius 3 is 1.72 bits per heavy atom. The molecule has 25 heavy (non-hydrogen) atoms. The van der Waals surface area contributed by atoms with Gasteiger partial charge in [-0.05, 0) is 50.5 Å². The van der Waals surface area contributed by atoms with Crippen LogP contribution in [0.5, 0.6) is 0 Å². The molecular weight excluding hydrogens is 344 g/mol. The van der Waals surface area contributed by atoms with E-state index in [2.05, 4.69) is 57.6 Å². The van der Waals surface area contributed by atoms with Crippen molar-refractivity contribution < 1.29 is 8.85 Å². The van der Waals surface area contributed by atoms with Crippen LogP contribution in [-0.4, -0.2) is 72.2 Å². The maximum Gasteiger partial charge on any atom is 0.335 e. The highest BCUT2D eigenvalue weighted by atomic mass is 28.4. The van der Waals surface area contributed by atoms with Crippen LogP contribution in [0.1, 0.15) is 41.5 Å². The third-order valence-corrected chi connectivity index (χ3v) is 15.2. The summed E-state index contributed by atoms with van der Waals surface area (Å²) in [6.07, 6.45) is 0. The van der Waals surface area contributed by atoms with Crippen LogP contribution in [-0.2, 0) is 8.85 Å². The molecule has 1 fully saturated rings. The Morgan fingerprint density at radius 1 is 0.840 bits per heavy atom. The van der Waals surface area contributed by atoms with Gasteiger partial charge in [0.05, 0.1) is 0 Å². The van der Waals surface area contributed by atoms with Crippen molar-refractivity contribution in [3.05, 3.63) is 0 Å². The van der Waals surface area contributed by atoms with Crippen molar-refractivity contribution in [3.8, 4) is 0 Å². The van der Waals surface area contributed by atoms with E-state index in [-0.39, 0.29) is 0 Å². The van der Waals surface area contributed by atoms with Gasteiger partial charge in [0, 0.05) is 45.9 Å². The zero-order valence-corrected chi connectivity index (χ0v) is 20.1. The molecule has 0 bridgehead atoms. The molecule has 0 saturated carbocycles. The van der Waals surface area contributed by atoms with Crippen LogP contribution in [0.15, 0.2) is 0 Å². The summed E-state index contributed by atoms with van der Waals surface area (Å²) in [6, 6.07) is 5.32. The van der Waals surface area contributed by atoms with Crippen molar-refractivity contribution in [2.24, 2.45) is 5.92 Å². The van der Waals surface area contributed by atoms with Gasteiger partial charge in [0.25, 0.3) is 0 Å². The normalized spacial score (nSPS) is 19.3. The fourth-order valence-corrected chi connectivity index (χ4v) is 11.7. The maximum atomic E-state index is 6.03. The van der Waals surface area contributed by atoms with Crippen molar-refractivity contribution in [3.63, 3.8) is 0 Å². The molecule has 0 aromatic carbocycles. The van der Waals surface area contributed by atoms with Gasteiger partial charge in [0.1, 0.15) is 8.24 Å². The molecule has 0 aliphatic carbocycles. The number of hydrogen-bond donors (Lipinski definition) is 0. The lowest BCUT2D eigenvalue weighted by atomic mass is 10.2. The molecule has 1 aliphatic rings. The van der Waals surface area contributed by atoms with Crippen LogP contribution in [0.25, 0.3) is 0 Å². The summed E-state index contributed by atoms with van der Waals surface area (Å²) in [6.45, 7) is 23.8. The molecule has 0 amide bonds. The van der Waals surface area contributed by atoms with Gasteiger partial charge in [0.2, 0.25) is 0 Å². The molecule has 150 valence electrons. The highest BCUT2D eigenvalue weighted by Gasteiger charge is 2.37. The third kappa shape index (κ3) is 6.74. The first-order valence-corrected chi connectivity index (χ1v) is 15.7. The van der Waals surface area contributed by atoms with Gasteiger partial charge >= 0.3 is 8.56 Å². The van der Waals surface area contributed by atoms with E-state index >= 15 is 0 Å². The van der Waals surface area contributed by atoms with E-state index in [0.29, 0.717) is 5.92 Å². The summed E-state index contributed by atoms with van der Waals surface area (Å²) in [5.41, 5.74) is 0. The molecule has 0 radical (unpaired) electrons. The van der Waals surface area contributed by atoms with Gasteiger partial charge < -0.3 is 18.3 Å². The van der Waals surface area contributed by atoms with Crippen LogP contribution in [0, 0.1) is 5.92 Å². The predicted molar refractivity (Wildman–Crippen MR) is 114 cm³/mol. The minimum absolute atomic E-state index is 0.645. The van der Waals surface area contributed by atoms with Gasteiger partial charge in [0.15, 0.2) is 0 Å². The summed E-state index contributed by atoms with van der Waals surface area (Å²) in [4.78, 5) is 2.67. The Morgan fingerprint density at radius 2 is 1.32 bits per heavy atom. The second kappa shape index (κ2) is 11.2. The fraction of sp³-hybridized carbons (Fsp3) is 1.00. The third-order valence-electron chi connectivity index (χ3n) is 6.21. The molecule has 0 aromatic heterocycles. The highest BCUT2D eigenvalue weighted by molar-refractivity contribution is 6.77. The number of rotatable bonds is 12. The smallest absolute Gasteiger partial charge is 0.335 e. The Bertz CT molecular complexity index is 345. The zero-order valence-electron chi connectivity index (χ0n) is 18.1. The Hall–Kier alpha value is 0.274. The van der Waals surface area contributed by atoms with Crippen LogP contribution in [0.3, 0.4) is 0 Å². The molecule has 0 N–H and O–H groups in total. The lowest BCUT2D eigenvalue weighted by Crippen LogP contribution is -2.60. The molecule has 1 heterocycles. The number of hydrogen-bond acceptors (Lipinski definition) is 4. The molecule has 1 unspecified atom stereocenters. The van der Waals surface area contributed by atoms with Crippen LogP contribution in [0.4, 0.5) is 0 Å². The number of nitrogens with zero attached hydrogens (tertiary/aromatic N) is 2. The van der Waals surface area contributed by atoms with Crippen molar-refractivity contribution in [1.82, 2.24) is 9.47 Å². The molecule has 4 nitrogen and oxygen atoms in total. The first kappa shape index (κ1) is 23.3. The van der Waals surface area contributed by atoms with Gasteiger partial charge in [-0.2, -0.15) is 0 Å². The summed E-state index contributed by atoms with van der Waals surface area (Å²) >= 11 is 0. The summed E-state index contributed by atoms with van der Waals surface area (Å²) in [5, 5.41) is 0. The lowest BCUT2D eigenvalue weighted by Gasteiger charge is -2.46. The second-order valence-electron chi connectivity index (χ2n) is 7.88. The van der Waals surface area contributed by atoms with E-state index in [1.54, 1.807) is 0 Å². The molecule has 0 spiro atoms. The Balaban J connectivity index is 2.50. The Kier molecular flexibility index (Phi) is 10.4. The van der Waals surface area contributed by atoms with Crippen LogP contribution < -0.4 is 0 Å². The molecule has 1 rings (SSSR count). The van der Waals surface area contributed by atoms with Crippen molar-refractivity contribution in [2.75, 3.05) is 45.9 Å². The zero-order chi connectivity index (χ0) is 18.9. The van der Waals surface area contributed by atoms with E-state index in [1.165, 1.54) is 50.9 Å². The Labute approximate surface area is 159 Å². The lowest BCUT2D eigenvalue weighted by molar-refractivity contribution is 0.153. The topological polar surface area (TPSA) is 24.9 Å². The largest absolute Gasteiger partial charge is 0.395 e. The second-order valence-corrected chi connectivity index (χ2v) is 16.3. The first-order valence-electron chi connectivity index (χ1n) is 10.6. The van der Waals surface area contributed by atoms with Gasteiger partial charge in [-0.3, -0.25) is 0 Å². The van der Waals surface area contributed by atoms with Gasteiger partial charge in [-0.25, -0.2) is 0 Å². The van der Waals surface area contributed by atoms with Gasteiger partial charge in [-0.15, -0.1) is 0 Å². The molecule has 1 atom stereocenters. The minimum atomic E-state index is -1.99. The summed E-state index contributed by atoms with van der Waals surface area (Å²) in [5.74, 6) is 0.645. The predicted octanol–water partition coefficient (Wildman–Crippen LogP) is 4.39. The maximum absolute atomic E-state index is 6.03. The van der Waals surface area contributed by atoms with E-state index < -0.39 is 16.8 Å². The molecule has 1 aliphatic heterocycles. The quantitative estimate of drug-likeness (QED) is 0.463. The molecular formula is C19H44N2O2Si2. The SMILES string of the molecule is CCO[Si](C)(CC(C)CN1CCN([Si](CC)(CC)CC)CC1)OCC. The average Bonchev–Trinajstić information content (AvgIpc) is 2.58. The van der Waals surface area contributed by atoms with Crippen molar-refractivity contribution >= 4 is 16.8 Å². The van der Waals surface area contributed by atoms with Crippen LogP contribution >= 0.6 is 0 Å². The van der Waals surface area contributed by atoms with Crippen LogP contribution in [0.2, 0.25) is 30.7 Å². The van der Waals surface area contributed by atoms with Gasteiger partial charge in [-0.1, -0.05) is 27.7 Å². The number of piperazine rings is 1. The van der Waals surface area contributed by atoms with Crippen molar-refractivity contribution in [1.29, 1.82) is 0 Å². The first-order chi connectivity index (χ1) is 11.9. The molecule has 6 heteroatoms. The average molecular weight is 389 g/mol. The minimum Gasteiger partial charge on any atom is -0.395 e. The monoisotopic (exact) mass is 388 g/mol. The highest BCUT2D eigenvalue weighted by Crippen LogP contribution is 2.27. The van der Waals surface area contributed by atoms with E-state index in [9.17, 15) is 0 Å². The molecule has 0 aromatic rings. The summed E-state index contributed by atoms with van der Waals surface area (Å²) in [7, 11) is -3.16. The van der Waals surface area contributed by atoms with Crippen molar-refractivity contribution in [2.45, 2.75) is 72.3 Å². The van der Waals surface area contributed by atoms with E-state index in [1.807, 2.05) is 0 Å².